The Kier molecular flexibility index (Phi) is 5.76. The highest BCUT2D eigenvalue weighted by Crippen LogP contribution is 2.48. The second-order valence-corrected chi connectivity index (χ2v) is 6.22. The molecule has 0 bridgehead atoms. The van der Waals surface area contributed by atoms with Crippen LogP contribution in [0.1, 0.15) is 46.0 Å². The maximum absolute atomic E-state index is 14.0. The second kappa shape index (κ2) is 7.24. The van der Waals surface area contributed by atoms with Crippen molar-refractivity contribution in [3.05, 3.63) is 23.5 Å². The molecule has 1 fully saturated rings. The van der Waals surface area contributed by atoms with Gasteiger partial charge in [-0.1, -0.05) is 26.3 Å². The number of ether oxygens (including phenoxy) is 2. The van der Waals surface area contributed by atoms with Crippen LogP contribution in [0, 0.1) is 5.92 Å². The summed E-state index contributed by atoms with van der Waals surface area (Å²) in [6.45, 7) is 3.91. The molecular formula is C17H24F4O2. The van der Waals surface area contributed by atoms with Crippen LogP contribution in [0.15, 0.2) is 23.5 Å². The van der Waals surface area contributed by atoms with Crippen LogP contribution in [0.25, 0.3) is 0 Å². The highest BCUT2D eigenvalue weighted by molar-refractivity contribution is 5.35. The molecule has 6 heteroatoms. The zero-order chi connectivity index (χ0) is 17.1. The highest BCUT2D eigenvalue weighted by atomic mass is 19.3. The molecule has 0 aromatic heterocycles. The standard InChI is InChI=1S/C17H24F4O2/c1-3-5-14-8-6-12(10-22-14)11-23-15-9-7-13(4-2)16(18,19)17(15,20)21/h7,9,12,14H,3-6,8,10-11H2,1-2H3. The third-order valence-electron chi connectivity index (χ3n) is 4.47. The third-order valence-corrected chi connectivity index (χ3v) is 4.47. The number of hydrogen-bond acceptors (Lipinski definition) is 2. The van der Waals surface area contributed by atoms with Crippen molar-refractivity contribution in [1.29, 1.82) is 0 Å². The van der Waals surface area contributed by atoms with Gasteiger partial charge in [0, 0.05) is 11.5 Å². The summed E-state index contributed by atoms with van der Waals surface area (Å²) < 4.78 is 66.4. The van der Waals surface area contributed by atoms with E-state index in [1.54, 1.807) is 0 Å². The molecule has 0 spiro atoms. The van der Waals surface area contributed by atoms with Crippen molar-refractivity contribution in [2.45, 2.75) is 63.9 Å². The van der Waals surface area contributed by atoms with Crippen molar-refractivity contribution in [1.82, 2.24) is 0 Å². The van der Waals surface area contributed by atoms with Crippen molar-refractivity contribution >= 4 is 0 Å². The molecule has 2 aliphatic rings. The van der Waals surface area contributed by atoms with Gasteiger partial charge in [-0.2, -0.15) is 17.6 Å². The Labute approximate surface area is 134 Å². The van der Waals surface area contributed by atoms with Crippen LogP contribution in [-0.4, -0.2) is 31.2 Å². The van der Waals surface area contributed by atoms with Gasteiger partial charge in [0.05, 0.1) is 19.3 Å². The summed E-state index contributed by atoms with van der Waals surface area (Å²) in [5, 5.41) is 0. The van der Waals surface area contributed by atoms with Gasteiger partial charge in [-0.15, -0.1) is 0 Å². The molecule has 23 heavy (non-hydrogen) atoms. The van der Waals surface area contributed by atoms with Gasteiger partial charge in [-0.25, -0.2) is 0 Å². The van der Waals surface area contributed by atoms with Gasteiger partial charge < -0.3 is 9.47 Å². The minimum absolute atomic E-state index is 0.0222. The predicted molar refractivity (Wildman–Crippen MR) is 79.7 cm³/mol. The molecule has 1 aliphatic carbocycles. The minimum Gasteiger partial charge on any atom is -0.491 e. The molecule has 0 aromatic carbocycles. The largest absolute Gasteiger partial charge is 0.491 e. The van der Waals surface area contributed by atoms with E-state index >= 15 is 0 Å². The summed E-state index contributed by atoms with van der Waals surface area (Å²) >= 11 is 0. The Hall–Kier alpha value is -1.04. The summed E-state index contributed by atoms with van der Waals surface area (Å²) in [5.41, 5.74) is -0.571. The molecule has 2 atom stereocenters. The van der Waals surface area contributed by atoms with E-state index in [1.165, 1.54) is 6.92 Å². The van der Waals surface area contributed by atoms with Gasteiger partial charge in [-0.3, -0.25) is 0 Å². The number of alkyl halides is 4. The number of rotatable bonds is 6. The smallest absolute Gasteiger partial charge is 0.369 e. The first-order valence-electron chi connectivity index (χ1n) is 8.24. The summed E-state index contributed by atoms with van der Waals surface area (Å²) in [6.07, 6.45) is 5.78. The van der Waals surface area contributed by atoms with Crippen molar-refractivity contribution in [2.75, 3.05) is 13.2 Å². The Balaban J connectivity index is 1.93. The number of allylic oxidation sites excluding steroid dienone is 4. The lowest BCUT2D eigenvalue weighted by molar-refractivity contribution is -0.188. The Morgan fingerprint density at radius 2 is 1.87 bits per heavy atom. The first-order chi connectivity index (χ1) is 10.8. The topological polar surface area (TPSA) is 18.5 Å². The van der Waals surface area contributed by atoms with E-state index in [0.717, 1.165) is 37.8 Å². The lowest BCUT2D eigenvalue weighted by atomic mass is 9.93. The fourth-order valence-corrected chi connectivity index (χ4v) is 2.97. The van der Waals surface area contributed by atoms with Crippen molar-refractivity contribution in [2.24, 2.45) is 5.92 Å². The maximum atomic E-state index is 14.0. The molecule has 1 saturated heterocycles. The van der Waals surface area contributed by atoms with Crippen LogP contribution < -0.4 is 0 Å². The van der Waals surface area contributed by atoms with Crippen LogP contribution in [-0.2, 0) is 9.47 Å². The Morgan fingerprint density at radius 1 is 1.13 bits per heavy atom. The average Bonchev–Trinajstić information content (AvgIpc) is 2.51. The molecule has 132 valence electrons. The minimum atomic E-state index is -4.30. The van der Waals surface area contributed by atoms with Gasteiger partial charge in [0.25, 0.3) is 0 Å². The van der Waals surface area contributed by atoms with E-state index in [-0.39, 0.29) is 25.0 Å². The molecule has 0 radical (unpaired) electrons. The Morgan fingerprint density at radius 3 is 2.43 bits per heavy atom. The van der Waals surface area contributed by atoms with E-state index in [9.17, 15) is 17.6 Å². The highest BCUT2D eigenvalue weighted by Gasteiger charge is 2.63. The normalized spacial score (nSPS) is 29.7. The fourth-order valence-electron chi connectivity index (χ4n) is 2.97. The van der Waals surface area contributed by atoms with Crippen LogP contribution >= 0.6 is 0 Å². The van der Waals surface area contributed by atoms with Gasteiger partial charge in [0.2, 0.25) is 0 Å². The molecule has 1 aliphatic heterocycles. The van der Waals surface area contributed by atoms with Crippen molar-refractivity contribution in [3.63, 3.8) is 0 Å². The molecule has 0 N–H and O–H groups in total. The zero-order valence-electron chi connectivity index (χ0n) is 13.6. The predicted octanol–water partition coefficient (Wildman–Crippen LogP) is 5.10. The van der Waals surface area contributed by atoms with Crippen molar-refractivity contribution < 1.29 is 27.0 Å². The summed E-state index contributed by atoms with van der Waals surface area (Å²) in [5.74, 6) is -9.48. The van der Waals surface area contributed by atoms with E-state index in [2.05, 4.69) is 6.92 Å². The lowest BCUT2D eigenvalue weighted by Crippen LogP contribution is -2.46. The van der Waals surface area contributed by atoms with Gasteiger partial charge in [-0.05, 0) is 31.8 Å². The molecule has 2 nitrogen and oxygen atoms in total. The quantitative estimate of drug-likeness (QED) is 0.628. The molecule has 1 heterocycles. The monoisotopic (exact) mass is 336 g/mol. The van der Waals surface area contributed by atoms with E-state index < -0.39 is 23.2 Å². The van der Waals surface area contributed by atoms with Crippen LogP contribution in [0.4, 0.5) is 17.6 Å². The fraction of sp³-hybridized carbons (Fsp3) is 0.765. The molecule has 0 aromatic rings. The number of halogens is 4. The molecule has 0 saturated carbocycles. The summed E-state index contributed by atoms with van der Waals surface area (Å²) in [6, 6.07) is 0. The molecular weight excluding hydrogens is 312 g/mol. The van der Waals surface area contributed by atoms with Crippen molar-refractivity contribution in [3.8, 4) is 0 Å². The summed E-state index contributed by atoms with van der Waals surface area (Å²) in [7, 11) is 0. The van der Waals surface area contributed by atoms with Crippen LogP contribution in [0.2, 0.25) is 0 Å². The molecule has 2 rings (SSSR count). The van der Waals surface area contributed by atoms with Gasteiger partial charge in [0.1, 0.15) is 0 Å². The van der Waals surface area contributed by atoms with Crippen LogP contribution in [0.3, 0.4) is 0 Å². The lowest BCUT2D eigenvalue weighted by Gasteiger charge is -2.34. The number of hydrogen-bond donors (Lipinski definition) is 0. The first-order valence-corrected chi connectivity index (χ1v) is 8.24. The SMILES string of the molecule is CCCC1CCC(COC2=CC=C(CC)C(F)(F)C2(F)F)CO1. The third kappa shape index (κ3) is 3.73. The van der Waals surface area contributed by atoms with Crippen LogP contribution in [0.5, 0.6) is 0 Å². The first kappa shape index (κ1) is 18.3. The molecule has 2 unspecified atom stereocenters. The maximum Gasteiger partial charge on any atom is 0.369 e. The van der Waals surface area contributed by atoms with E-state index in [0.29, 0.717) is 6.61 Å². The molecule has 0 amide bonds. The zero-order valence-corrected chi connectivity index (χ0v) is 13.6. The Bertz CT molecular complexity index is 463. The van der Waals surface area contributed by atoms with E-state index in [1.807, 2.05) is 0 Å². The van der Waals surface area contributed by atoms with Gasteiger partial charge in [0.15, 0.2) is 5.76 Å². The average molecular weight is 336 g/mol. The summed E-state index contributed by atoms with van der Waals surface area (Å²) in [4.78, 5) is 0. The van der Waals surface area contributed by atoms with Gasteiger partial charge >= 0.3 is 11.8 Å². The van der Waals surface area contributed by atoms with E-state index in [4.69, 9.17) is 9.47 Å². The second-order valence-electron chi connectivity index (χ2n) is 6.22.